The molecule has 0 saturated heterocycles. The Labute approximate surface area is 124 Å². The first-order chi connectivity index (χ1) is 8.60. The molecule has 0 spiro atoms. The molecular weight excluding hydrogens is 258 g/mol. The first-order valence-corrected chi connectivity index (χ1v) is 8.36. The first kappa shape index (κ1) is 19.2. The molecule has 0 aliphatic carbocycles. The van der Waals surface area contributed by atoms with Gasteiger partial charge in [-0.1, -0.05) is 0 Å². The minimum Gasteiger partial charge on any atom is -0.378 e. The average Bonchev–Trinajstić information content (AvgIpc) is 2.25. The van der Waals surface area contributed by atoms with Crippen LogP contribution in [0.1, 0.15) is 48.5 Å². The number of hydrogen-bond donors (Lipinski definition) is 0. The van der Waals surface area contributed by atoms with Gasteiger partial charge < -0.3 is 9.47 Å². The summed E-state index contributed by atoms with van der Waals surface area (Å²) in [5.41, 5.74) is 0.189. The SMILES string of the molecule is CSC(C)(C)OCCOCCN(C(C)C)C(C)(C)C. The van der Waals surface area contributed by atoms with Crippen molar-refractivity contribution < 1.29 is 9.47 Å². The maximum absolute atomic E-state index is 5.72. The molecule has 0 fully saturated rings. The third-order valence-corrected chi connectivity index (χ3v) is 4.23. The second-order valence-corrected chi connectivity index (χ2v) is 7.91. The number of ether oxygens (including phenoxy) is 2. The normalized spacial score (nSPS) is 13.6. The molecule has 0 aromatic carbocycles. The Bertz CT molecular complexity index is 237. The second-order valence-electron chi connectivity index (χ2n) is 6.52. The van der Waals surface area contributed by atoms with Crippen LogP contribution in [-0.2, 0) is 9.47 Å². The fraction of sp³-hybridized carbons (Fsp3) is 1.00. The molecule has 0 amide bonds. The van der Waals surface area contributed by atoms with E-state index >= 15 is 0 Å². The Hall–Kier alpha value is 0.230. The maximum Gasteiger partial charge on any atom is 0.107 e. The summed E-state index contributed by atoms with van der Waals surface area (Å²) in [5, 5.41) is 0. The highest BCUT2D eigenvalue weighted by Crippen LogP contribution is 2.22. The maximum atomic E-state index is 5.72. The summed E-state index contributed by atoms with van der Waals surface area (Å²) in [5.74, 6) is 0. The van der Waals surface area contributed by atoms with Gasteiger partial charge in [-0.05, 0) is 54.7 Å². The van der Waals surface area contributed by atoms with Gasteiger partial charge in [-0.15, -0.1) is 11.8 Å². The minimum absolute atomic E-state index is 0.112. The fourth-order valence-electron chi connectivity index (χ4n) is 2.04. The van der Waals surface area contributed by atoms with Crippen LogP contribution in [0.3, 0.4) is 0 Å². The van der Waals surface area contributed by atoms with E-state index in [0.29, 0.717) is 19.3 Å². The van der Waals surface area contributed by atoms with Crippen molar-refractivity contribution in [3.05, 3.63) is 0 Å². The summed E-state index contributed by atoms with van der Waals surface area (Å²) in [6.07, 6.45) is 2.06. The van der Waals surface area contributed by atoms with Crippen LogP contribution in [-0.4, -0.2) is 54.0 Å². The van der Waals surface area contributed by atoms with E-state index < -0.39 is 0 Å². The van der Waals surface area contributed by atoms with Crippen LogP contribution >= 0.6 is 11.8 Å². The van der Waals surface area contributed by atoms with Crippen molar-refractivity contribution in [2.45, 2.75) is 65.0 Å². The Morgan fingerprint density at radius 3 is 2.00 bits per heavy atom. The van der Waals surface area contributed by atoms with Gasteiger partial charge >= 0.3 is 0 Å². The smallest absolute Gasteiger partial charge is 0.107 e. The van der Waals surface area contributed by atoms with Gasteiger partial charge in [-0.2, -0.15) is 0 Å². The van der Waals surface area contributed by atoms with Crippen molar-refractivity contribution >= 4 is 11.8 Å². The monoisotopic (exact) mass is 291 g/mol. The predicted molar refractivity (Wildman–Crippen MR) is 86.0 cm³/mol. The Balaban J connectivity index is 3.79. The molecule has 0 radical (unpaired) electrons. The zero-order valence-corrected chi connectivity index (χ0v) is 14.9. The number of nitrogens with zero attached hydrogens (tertiary/aromatic N) is 1. The molecule has 4 heteroatoms. The molecule has 3 nitrogen and oxygen atoms in total. The summed E-state index contributed by atoms with van der Waals surface area (Å²) in [4.78, 5) is 2.35. The molecule has 0 unspecified atom stereocenters. The van der Waals surface area contributed by atoms with E-state index in [2.05, 4.69) is 59.6 Å². The highest BCUT2D eigenvalue weighted by Gasteiger charge is 2.23. The molecule has 0 rings (SSSR count). The van der Waals surface area contributed by atoms with Gasteiger partial charge in [0.2, 0.25) is 0 Å². The predicted octanol–water partition coefficient (Wildman–Crippen LogP) is 3.63. The molecular formula is C15H33NO2S. The quantitative estimate of drug-likeness (QED) is 0.478. The lowest BCUT2D eigenvalue weighted by atomic mass is 10.0. The van der Waals surface area contributed by atoms with Gasteiger partial charge in [0, 0.05) is 18.1 Å². The molecule has 0 saturated carbocycles. The zero-order chi connectivity index (χ0) is 15.1. The van der Waals surface area contributed by atoms with Crippen molar-refractivity contribution in [2.75, 3.05) is 32.6 Å². The highest BCUT2D eigenvalue weighted by atomic mass is 32.2. The molecule has 0 N–H and O–H groups in total. The first-order valence-electron chi connectivity index (χ1n) is 7.14. The van der Waals surface area contributed by atoms with E-state index in [9.17, 15) is 0 Å². The number of thioether (sulfide) groups is 1. The van der Waals surface area contributed by atoms with E-state index in [1.807, 2.05) is 0 Å². The Morgan fingerprint density at radius 1 is 1.00 bits per heavy atom. The van der Waals surface area contributed by atoms with Crippen molar-refractivity contribution in [1.82, 2.24) is 4.90 Å². The van der Waals surface area contributed by atoms with E-state index in [0.717, 1.165) is 13.2 Å². The van der Waals surface area contributed by atoms with E-state index in [4.69, 9.17) is 9.47 Å². The van der Waals surface area contributed by atoms with Crippen LogP contribution in [0.15, 0.2) is 0 Å². The third-order valence-electron chi connectivity index (χ3n) is 3.13. The molecule has 0 aromatic heterocycles. The average molecular weight is 292 g/mol. The minimum atomic E-state index is -0.112. The standard InChI is InChI=1S/C15H33NO2S/c1-13(2)16(14(3,4)5)9-10-17-11-12-18-15(6,7)19-8/h13H,9-12H2,1-8H3. The van der Waals surface area contributed by atoms with Gasteiger partial charge in [0.05, 0.1) is 19.8 Å². The lowest BCUT2D eigenvalue weighted by molar-refractivity contribution is -0.00967. The van der Waals surface area contributed by atoms with Crippen molar-refractivity contribution in [3.8, 4) is 0 Å². The van der Waals surface area contributed by atoms with Gasteiger partial charge in [0.25, 0.3) is 0 Å². The van der Waals surface area contributed by atoms with Crippen LogP contribution in [0, 0.1) is 0 Å². The van der Waals surface area contributed by atoms with Crippen LogP contribution in [0.25, 0.3) is 0 Å². The Morgan fingerprint density at radius 2 is 1.58 bits per heavy atom. The van der Waals surface area contributed by atoms with Gasteiger partial charge in [0.15, 0.2) is 0 Å². The van der Waals surface area contributed by atoms with Gasteiger partial charge in [-0.25, -0.2) is 0 Å². The lowest BCUT2D eigenvalue weighted by Crippen LogP contribution is -2.47. The molecule has 0 aliphatic rings. The summed E-state index contributed by atoms with van der Waals surface area (Å²) >= 11 is 1.72. The third kappa shape index (κ3) is 8.90. The molecule has 0 bridgehead atoms. The fourth-order valence-corrected chi connectivity index (χ4v) is 2.24. The van der Waals surface area contributed by atoms with Crippen LogP contribution in [0.4, 0.5) is 0 Å². The second kappa shape index (κ2) is 8.50. The van der Waals surface area contributed by atoms with Crippen molar-refractivity contribution in [3.63, 3.8) is 0 Å². The number of rotatable bonds is 9. The number of hydrogen-bond acceptors (Lipinski definition) is 4. The lowest BCUT2D eigenvalue weighted by Gasteiger charge is -2.38. The summed E-state index contributed by atoms with van der Waals surface area (Å²) in [6.45, 7) is 18.4. The van der Waals surface area contributed by atoms with Gasteiger partial charge in [-0.3, -0.25) is 4.90 Å². The van der Waals surface area contributed by atoms with E-state index in [1.165, 1.54) is 0 Å². The van der Waals surface area contributed by atoms with Gasteiger partial charge in [0.1, 0.15) is 4.93 Å². The molecule has 0 atom stereocenters. The topological polar surface area (TPSA) is 21.7 Å². The summed E-state index contributed by atoms with van der Waals surface area (Å²) < 4.78 is 11.4. The molecule has 19 heavy (non-hydrogen) atoms. The van der Waals surface area contributed by atoms with Crippen LogP contribution < -0.4 is 0 Å². The highest BCUT2D eigenvalue weighted by molar-refractivity contribution is 7.99. The van der Waals surface area contributed by atoms with Crippen molar-refractivity contribution in [2.24, 2.45) is 0 Å². The molecule has 0 aliphatic heterocycles. The molecule has 0 aromatic rings. The van der Waals surface area contributed by atoms with E-state index in [1.54, 1.807) is 11.8 Å². The van der Waals surface area contributed by atoms with Crippen LogP contribution in [0.5, 0.6) is 0 Å². The zero-order valence-electron chi connectivity index (χ0n) is 14.1. The molecule has 0 heterocycles. The summed E-state index contributed by atoms with van der Waals surface area (Å²) in [6, 6.07) is 0.537. The summed E-state index contributed by atoms with van der Waals surface area (Å²) in [7, 11) is 0. The van der Waals surface area contributed by atoms with E-state index in [-0.39, 0.29) is 10.5 Å². The largest absolute Gasteiger partial charge is 0.378 e. The van der Waals surface area contributed by atoms with Crippen LogP contribution in [0.2, 0.25) is 0 Å². The van der Waals surface area contributed by atoms with Crippen molar-refractivity contribution in [1.29, 1.82) is 0 Å². The molecule has 116 valence electrons. The Kier molecular flexibility index (Phi) is 8.60.